The summed E-state index contributed by atoms with van der Waals surface area (Å²) in [4.78, 5) is 44.0. The molecule has 0 saturated carbocycles. The van der Waals surface area contributed by atoms with Crippen molar-refractivity contribution in [1.29, 1.82) is 0 Å². The molecular formula is C34H37ClF2N4O7S. The largest absolute Gasteiger partial charge is 0.444 e. The zero-order valence-electron chi connectivity index (χ0n) is 27.8. The van der Waals surface area contributed by atoms with Crippen molar-refractivity contribution >= 4 is 56.2 Å². The van der Waals surface area contributed by atoms with Crippen molar-refractivity contribution in [3.8, 4) is 11.1 Å². The highest BCUT2D eigenvalue weighted by Crippen LogP contribution is 2.31. The Morgan fingerprint density at radius 1 is 1.04 bits per heavy atom. The minimum atomic E-state index is -3.97. The number of esters is 1. The predicted molar refractivity (Wildman–Crippen MR) is 182 cm³/mol. The van der Waals surface area contributed by atoms with Crippen LogP contribution in [0.3, 0.4) is 0 Å². The first-order valence-electron chi connectivity index (χ1n) is 15.3. The van der Waals surface area contributed by atoms with E-state index < -0.39 is 75.0 Å². The molecule has 0 spiro atoms. The van der Waals surface area contributed by atoms with Gasteiger partial charge in [-0.05, 0) is 69.0 Å². The molecule has 0 saturated heterocycles. The number of aromatic nitrogens is 2. The van der Waals surface area contributed by atoms with Crippen molar-refractivity contribution in [2.75, 3.05) is 10.5 Å². The molecule has 4 aromatic rings. The number of nitrogens with one attached hydrogen (secondary N) is 2. The van der Waals surface area contributed by atoms with E-state index in [0.29, 0.717) is 16.1 Å². The molecule has 2 N–H and O–H groups in total. The lowest BCUT2D eigenvalue weighted by Crippen LogP contribution is -2.47. The molecule has 0 aliphatic rings. The zero-order valence-corrected chi connectivity index (χ0v) is 29.3. The number of alkyl carbamates (subject to hydrolysis) is 1. The number of pyridine rings is 1. The lowest BCUT2D eigenvalue weighted by Gasteiger charge is -2.24. The van der Waals surface area contributed by atoms with E-state index in [4.69, 9.17) is 21.1 Å². The van der Waals surface area contributed by atoms with Crippen LogP contribution in [0.25, 0.3) is 22.2 Å². The Hall–Kier alpha value is -4.56. The molecular weight excluding hydrogens is 682 g/mol. The number of amides is 1. The summed E-state index contributed by atoms with van der Waals surface area (Å²) in [6.45, 7) is 9.56. The summed E-state index contributed by atoms with van der Waals surface area (Å²) >= 11 is 6.04. The van der Waals surface area contributed by atoms with Gasteiger partial charge in [-0.1, -0.05) is 44.5 Å². The van der Waals surface area contributed by atoms with Gasteiger partial charge in [0.1, 0.15) is 23.1 Å². The fourth-order valence-electron chi connectivity index (χ4n) is 4.87. The molecule has 0 fully saturated rings. The number of sulfonamides is 1. The highest BCUT2D eigenvalue weighted by atomic mass is 35.5. The SMILES string of the molecule is CCCS(=O)(=O)Nc1ccc(F)c(C(=O)c2cn(COC(=O)C(NC(=O)OC(C)(C)C)C(C)C)c3ncc(-c4ccc(Cl)cc4)cc23)c1F. The standard InChI is InChI=1S/C34H37ClF2N4O7S/c1-7-14-49(45,46)40-26-13-12-25(36)27(28(26)37)30(42)24-17-41(18-47-32(43)29(19(2)3)39-33(44)48-34(4,5)6)31-23(24)15-21(16-38-31)20-8-10-22(35)11-9-20/h8-13,15-17,19,29,40H,7,14,18H2,1-6H3,(H,39,44). The van der Waals surface area contributed by atoms with Crippen LogP contribution in [0.15, 0.2) is 54.9 Å². The Kier molecular flexibility index (Phi) is 11.3. The van der Waals surface area contributed by atoms with Crippen molar-refractivity contribution in [1.82, 2.24) is 14.9 Å². The molecule has 0 aliphatic heterocycles. The third-order valence-electron chi connectivity index (χ3n) is 7.13. The van der Waals surface area contributed by atoms with Gasteiger partial charge >= 0.3 is 12.1 Å². The number of ketones is 1. The Morgan fingerprint density at radius 3 is 2.33 bits per heavy atom. The lowest BCUT2D eigenvalue weighted by atomic mass is 10.00. The van der Waals surface area contributed by atoms with Crippen LogP contribution in [0, 0.1) is 17.6 Å². The topological polar surface area (TPSA) is 146 Å². The van der Waals surface area contributed by atoms with E-state index in [9.17, 15) is 22.8 Å². The van der Waals surface area contributed by atoms with Crippen molar-refractivity contribution in [3.63, 3.8) is 0 Å². The van der Waals surface area contributed by atoms with Crippen LogP contribution in [-0.2, 0) is 31.0 Å². The molecule has 4 rings (SSSR count). The fraction of sp³-hybridized carbons (Fsp3) is 0.353. The number of ether oxygens (including phenoxy) is 2. The van der Waals surface area contributed by atoms with E-state index in [1.165, 1.54) is 17.0 Å². The van der Waals surface area contributed by atoms with E-state index >= 15 is 8.78 Å². The fourth-order valence-corrected chi connectivity index (χ4v) is 6.13. The summed E-state index contributed by atoms with van der Waals surface area (Å²) in [5, 5.41) is 3.16. The molecule has 2 aromatic carbocycles. The van der Waals surface area contributed by atoms with Gasteiger partial charge in [0, 0.05) is 28.4 Å². The van der Waals surface area contributed by atoms with Gasteiger partial charge in [0.25, 0.3) is 0 Å². The van der Waals surface area contributed by atoms with Crippen LogP contribution < -0.4 is 10.0 Å². The smallest absolute Gasteiger partial charge is 0.408 e. The van der Waals surface area contributed by atoms with Gasteiger partial charge < -0.3 is 14.8 Å². The number of carbonyl (C=O) groups excluding carboxylic acids is 3. The van der Waals surface area contributed by atoms with Gasteiger partial charge in [-0.15, -0.1) is 0 Å². The van der Waals surface area contributed by atoms with Gasteiger partial charge in [-0.25, -0.2) is 31.8 Å². The predicted octanol–water partition coefficient (Wildman–Crippen LogP) is 7.07. The van der Waals surface area contributed by atoms with Crippen molar-refractivity contribution < 1.29 is 41.1 Å². The first kappa shape index (κ1) is 37.3. The maximum Gasteiger partial charge on any atom is 0.408 e. The molecule has 2 heterocycles. The quantitative estimate of drug-likeness (QED) is 0.117. The molecule has 0 aliphatic carbocycles. The van der Waals surface area contributed by atoms with Crippen molar-refractivity contribution in [2.45, 2.75) is 66.3 Å². The summed E-state index contributed by atoms with van der Waals surface area (Å²) in [7, 11) is -3.97. The third kappa shape index (κ3) is 9.12. The highest BCUT2D eigenvalue weighted by molar-refractivity contribution is 7.92. The molecule has 0 radical (unpaired) electrons. The summed E-state index contributed by atoms with van der Waals surface area (Å²) < 4.78 is 69.8. The van der Waals surface area contributed by atoms with Crippen LogP contribution in [0.1, 0.15) is 63.9 Å². The van der Waals surface area contributed by atoms with Crippen LogP contribution in [0.4, 0.5) is 19.3 Å². The van der Waals surface area contributed by atoms with Crippen LogP contribution in [-0.4, -0.2) is 53.2 Å². The number of hydrogen-bond donors (Lipinski definition) is 2. The summed E-state index contributed by atoms with van der Waals surface area (Å²) in [5.74, 6) is -5.24. The van der Waals surface area contributed by atoms with Gasteiger partial charge in [0.05, 0.1) is 22.6 Å². The van der Waals surface area contributed by atoms with E-state index in [1.54, 1.807) is 71.9 Å². The number of hydrogen-bond acceptors (Lipinski definition) is 8. The van der Waals surface area contributed by atoms with Gasteiger partial charge in [0.2, 0.25) is 15.8 Å². The van der Waals surface area contributed by atoms with Gasteiger partial charge in [-0.2, -0.15) is 0 Å². The number of rotatable bonds is 12. The summed E-state index contributed by atoms with van der Waals surface area (Å²) in [6, 6.07) is 8.94. The second-order valence-electron chi connectivity index (χ2n) is 12.6. The van der Waals surface area contributed by atoms with E-state index in [-0.39, 0.29) is 28.8 Å². The van der Waals surface area contributed by atoms with E-state index in [0.717, 1.165) is 12.1 Å². The molecule has 1 unspecified atom stereocenters. The molecule has 1 amide bonds. The number of carbonyl (C=O) groups is 3. The molecule has 1 atom stereocenters. The third-order valence-corrected chi connectivity index (χ3v) is 8.86. The maximum atomic E-state index is 15.7. The van der Waals surface area contributed by atoms with E-state index in [1.807, 2.05) is 0 Å². The Morgan fingerprint density at radius 2 is 1.71 bits per heavy atom. The number of fused-ring (bicyclic) bond motifs is 1. The molecule has 11 nitrogen and oxygen atoms in total. The van der Waals surface area contributed by atoms with E-state index in [2.05, 4.69) is 15.0 Å². The number of nitrogens with zero attached hydrogens (tertiary/aromatic N) is 2. The maximum absolute atomic E-state index is 15.7. The van der Waals surface area contributed by atoms with Crippen molar-refractivity contribution in [2.24, 2.45) is 5.92 Å². The summed E-state index contributed by atoms with van der Waals surface area (Å²) in [5.41, 5.74) is -1.24. The summed E-state index contributed by atoms with van der Waals surface area (Å²) in [6.07, 6.45) is 2.16. The minimum absolute atomic E-state index is 0.135. The number of benzene rings is 2. The Balaban J connectivity index is 1.76. The molecule has 0 bridgehead atoms. The second-order valence-corrected chi connectivity index (χ2v) is 14.9. The number of halogens is 3. The average molecular weight is 719 g/mol. The van der Waals surface area contributed by atoms with Crippen LogP contribution in [0.5, 0.6) is 0 Å². The first-order chi connectivity index (χ1) is 22.9. The molecule has 49 heavy (non-hydrogen) atoms. The minimum Gasteiger partial charge on any atom is -0.444 e. The van der Waals surface area contributed by atoms with Crippen molar-refractivity contribution in [3.05, 3.63) is 82.6 Å². The normalized spacial score (nSPS) is 12.5. The average Bonchev–Trinajstić information content (AvgIpc) is 3.37. The zero-order chi connectivity index (χ0) is 36.3. The Labute approximate surface area is 288 Å². The van der Waals surface area contributed by atoms with Crippen LogP contribution in [0.2, 0.25) is 5.02 Å². The Bertz CT molecular complexity index is 1990. The van der Waals surface area contributed by atoms with Gasteiger partial charge in [0.15, 0.2) is 12.5 Å². The van der Waals surface area contributed by atoms with Crippen LogP contribution >= 0.6 is 11.6 Å². The molecule has 262 valence electrons. The monoisotopic (exact) mass is 718 g/mol. The molecule has 15 heteroatoms. The first-order valence-corrected chi connectivity index (χ1v) is 17.4. The highest BCUT2D eigenvalue weighted by Gasteiger charge is 2.30. The molecule has 2 aromatic heterocycles. The second kappa shape index (κ2) is 14.9. The van der Waals surface area contributed by atoms with Gasteiger partial charge in [-0.3, -0.25) is 14.1 Å². The lowest BCUT2D eigenvalue weighted by molar-refractivity contribution is -0.151. The number of anilines is 1.